The highest BCUT2D eigenvalue weighted by Crippen LogP contribution is 2.31. The zero-order valence-corrected chi connectivity index (χ0v) is 22.0. The summed E-state index contributed by atoms with van der Waals surface area (Å²) in [6.07, 6.45) is 17.0. The average Bonchev–Trinajstić information content (AvgIpc) is 3.86. The van der Waals surface area contributed by atoms with Crippen LogP contribution in [0.2, 0.25) is 0 Å². The number of aromatic nitrogens is 3. The Morgan fingerprint density at radius 2 is 1.55 bits per heavy atom. The van der Waals surface area contributed by atoms with Crippen molar-refractivity contribution >= 4 is 35.1 Å². The van der Waals surface area contributed by atoms with Gasteiger partial charge in [0.25, 0.3) is 5.91 Å². The highest BCUT2D eigenvalue weighted by atomic mass is 16.4. The summed E-state index contributed by atoms with van der Waals surface area (Å²) in [7, 11) is 0. The number of fused-ring (bicyclic) bond motifs is 5. The molecule has 0 fully saturated rings. The molecule has 0 saturated carbocycles. The maximum atomic E-state index is 12.8. The number of hydrogen-bond acceptors (Lipinski definition) is 9. The molecule has 1 amide bonds. The van der Waals surface area contributed by atoms with E-state index in [1.807, 2.05) is 18.2 Å². The molecule has 4 aliphatic rings. The van der Waals surface area contributed by atoms with Gasteiger partial charge in [-0.15, -0.1) is 0 Å². The molecule has 2 aromatic heterocycles. The third-order valence-electron chi connectivity index (χ3n) is 6.00. The molecule has 2 N–H and O–H groups in total. The molecular formula is C30H23N5O7. The van der Waals surface area contributed by atoms with Gasteiger partial charge in [-0.2, -0.15) is 4.99 Å². The minimum atomic E-state index is -0.544. The first-order valence-corrected chi connectivity index (χ1v) is 12.8. The number of aromatic amines is 2. The Labute approximate surface area is 236 Å². The van der Waals surface area contributed by atoms with E-state index in [4.69, 9.17) is 22.1 Å². The van der Waals surface area contributed by atoms with Crippen LogP contribution in [0.4, 0.5) is 0 Å². The van der Waals surface area contributed by atoms with E-state index in [0.29, 0.717) is 29.5 Å². The van der Waals surface area contributed by atoms with Crippen LogP contribution in [0, 0.1) is 0 Å². The molecule has 0 radical (unpaired) electrons. The van der Waals surface area contributed by atoms with E-state index in [2.05, 4.69) is 24.9 Å². The first kappa shape index (κ1) is 26.3. The van der Waals surface area contributed by atoms with Gasteiger partial charge in [0, 0.05) is 47.2 Å². The molecule has 42 heavy (non-hydrogen) atoms. The normalized spacial score (nSPS) is 13.3. The van der Waals surface area contributed by atoms with Crippen LogP contribution in [0.1, 0.15) is 45.4 Å². The molecule has 0 bridgehead atoms. The number of hydrogen-bond donors (Lipinski definition) is 2. The molecule has 12 heteroatoms. The average molecular weight is 566 g/mol. The van der Waals surface area contributed by atoms with Gasteiger partial charge >= 0.3 is 0 Å². The lowest BCUT2D eigenvalue weighted by Crippen LogP contribution is -2.27. The Hall–Kier alpha value is -5.91. The van der Waals surface area contributed by atoms with Gasteiger partial charge < -0.3 is 32.1 Å². The molecule has 2 aliphatic carbocycles. The van der Waals surface area contributed by atoms with Gasteiger partial charge in [-0.05, 0) is 24.3 Å². The fourth-order valence-electron chi connectivity index (χ4n) is 3.84. The predicted molar refractivity (Wildman–Crippen MR) is 148 cm³/mol. The number of nitrogens with zero attached hydrogens (tertiary/aromatic N) is 3. The van der Waals surface area contributed by atoms with Crippen LogP contribution >= 0.6 is 0 Å². The topological polar surface area (TPSA) is 169 Å². The highest BCUT2D eigenvalue weighted by molar-refractivity contribution is 6.09. The quantitative estimate of drug-likeness (QED) is 0.295. The van der Waals surface area contributed by atoms with Gasteiger partial charge in [0.05, 0.1) is 24.8 Å². The molecule has 0 unspecified atom stereocenters. The van der Waals surface area contributed by atoms with Crippen molar-refractivity contribution in [2.24, 2.45) is 9.98 Å². The molecule has 0 atom stereocenters. The first-order valence-electron chi connectivity index (χ1n) is 12.8. The summed E-state index contributed by atoms with van der Waals surface area (Å²) in [4.78, 5) is 43.5. The van der Waals surface area contributed by atoms with E-state index < -0.39 is 5.91 Å². The van der Waals surface area contributed by atoms with Gasteiger partial charge in [-0.25, -0.2) is 4.98 Å². The predicted octanol–water partition coefficient (Wildman–Crippen LogP) is 4.44. The number of Topliss-reactive ketones (excluding diaryl/α,β-unsaturated/α-hetero) is 1. The van der Waals surface area contributed by atoms with Crippen LogP contribution < -0.4 is 10.7 Å². The van der Waals surface area contributed by atoms with Crippen molar-refractivity contribution in [3.05, 3.63) is 125 Å². The molecule has 0 aromatic carbocycles. The summed E-state index contributed by atoms with van der Waals surface area (Å²) in [5.74, 6) is 2.01. The molecule has 6 rings (SSSR count). The maximum Gasteiger partial charge on any atom is 0.255 e. The van der Waals surface area contributed by atoms with Crippen LogP contribution in [0.3, 0.4) is 0 Å². The van der Waals surface area contributed by atoms with E-state index in [9.17, 15) is 9.59 Å². The maximum absolute atomic E-state index is 12.8. The second kappa shape index (κ2) is 12.1. The summed E-state index contributed by atoms with van der Waals surface area (Å²) in [5.41, 5.74) is 1.65. The minimum Gasteiger partial charge on any atom is -0.468 e. The van der Waals surface area contributed by atoms with Crippen molar-refractivity contribution < 1.29 is 31.7 Å². The summed E-state index contributed by atoms with van der Waals surface area (Å²) < 4.78 is 27.2. The zero-order valence-electron chi connectivity index (χ0n) is 22.0. The van der Waals surface area contributed by atoms with E-state index in [1.165, 1.54) is 43.8 Å². The van der Waals surface area contributed by atoms with Gasteiger partial charge in [0.1, 0.15) is 60.2 Å². The second-order valence-electron chi connectivity index (χ2n) is 9.01. The van der Waals surface area contributed by atoms with Crippen molar-refractivity contribution in [3.63, 3.8) is 0 Å². The van der Waals surface area contributed by atoms with Crippen molar-refractivity contribution in [2.45, 2.75) is 19.3 Å². The number of aliphatic imine (C=N–C) groups is 1. The monoisotopic (exact) mass is 565 g/mol. The van der Waals surface area contributed by atoms with Gasteiger partial charge in [-0.1, -0.05) is 0 Å². The number of pyridine rings is 1. The Bertz CT molecular complexity index is 2040. The van der Waals surface area contributed by atoms with E-state index in [-0.39, 0.29) is 23.3 Å². The van der Waals surface area contributed by atoms with E-state index in [0.717, 1.165) is 28.2 Å². The molecule has 0 saturated heterocycles. The van der Waals surface area contributed by atoms with Crippen molar-refractivity contribution in [2.75, 3.05) is 0 Å². The molecule has 2 aliphatic heterocycles. The van der Waals surface area contributed by atoms with Crippen molar-refractivity contribution in [1.82, 2.24) is 15.0 Å². The van der Waals surface area contributed by atoms with Crippen LogP contribution in [-0.4, -0.2) is 32.9 Å². The standard InChI is InChI=1S/C30H23N5O7/c36-23-14-28(37)35-30-22(23)13-21-18-31-17-20(21)12-19-2-1-3-32-29(19)33-5-7-40-24-15-26(24)42-27-16-25(27)41-11-10-39-9-8-38-6-4-34-30/h1-13,17-18H,14-16H2,(H,32,33)(H,34,35,37). The SMILES string of the molecule is O=C1CC(=O)c2cc3c(cc4cccnc4[nH]ccoc4c(oc5c(occoccocc[nH]c2=N1)C5)C4)C=NC=3. The molecule has 12 nitrogen and oxygen atoms in total. The number of rotatable bonds is 0. The number of ketones is 1. The number of carbonyl (C=O) groups excluding carboxylic acids is 2. The molecule has 2 aromatic rings. The molecule has 210 valence electrons. The summed E-state index contributed by atoms with van der Waals surface area (Å²) in [6.45, 7) is 0. The Morgan fingerprint density at radius 3 is 2.40 bits per heavy atom. The highest BCUT2D eigenvalue weighted by Gasteiger charge is 2.27. The number of carbonyl (C=O) groups is 2. The van der Waals surface area contributed by atoms with Gasteiger partial charge in [-0.3, -0.25) is 14.6 Å². The second-order valence-corrected chi connectivity index (χ2v) is 9.01. The summed E-state index contributed by atoms with van der Waals surface area (Å²) in [6, 6.07) is 7.23. The van der Waals surface area contributed by atoms with E-state index >= 15 is 0 Å². The van der Waals surface area contributed by atoms with Crippen LogP contribution in [0.25, 0.3) is 17.2 Å². The van der Waals surface area contributed by atoms with E-state index in [1.54, 1.807) is 30.9 Å². The third-order valence-corrected chi connectivity index (χ3v) is 6.00. The number of H-pyrrole nitrogens is 2. The summed E-state index contributed by atoms with van der Waals surface area (Å²) in [5, 5.41) is 1.44. The lowest BCUT2D eigenvalue weighted by molar-refractivity contribution is -0.117. The van der Waals surface area contributed by atoms with Crippen molar-refractivity contribution in [3.8, 4) is 0 Å². The largest absolute Gasteiger partial charge is 0.468 e. The lowest BCUT2D eigenvalue weighted by Gasteiger charge is -2.02. The number of amides is 1. The van der Waals surface area contributed by atoms with Gasteiger partial charge in [0.2, 0.25) is 0 Å². The van der Waals surface area contributed by atoms with Crippen LogP contribution in [-0.2, 0) is 17.6 Å². The smallest absolute Gasteiger partial charge is 0.255 e. The Kier molecular flexibility index (Phi) is 7.57. The number of nitrogens with one attached hydrogen (secondary N) is 2. The van der Waals surface area contributed by atoms with Crippen molar-refractivity contribution in [1.29, 1.82) is 0 Å². The summed E-state index contributed by atoms with van der Waals surface area (Å²) >= 11 is 0. The fourth-order valence-corrected chi connectivity index (χ4v) is 3.84. The fraction of sp³-hybridized carbons (Fsp3) is 0.100. The Balaban J connectivity index is 1.52. The molecule has 0 spiro atoms. The van der Waals surface area contributed by atoms with Crippen LogP contribution in [0.15, 0.2) is 113 Å². The first-order chi connectivity index (χ1) is 20.6. The lowest BCUT2D eigenvalue weighted by atomic mass is 10.1. The third kappa shape index (κ3) is 6.62. The minimum absolute atomic E-state index is 0.0986. The zero-order chi connectivity index (χ0) is 28.7. The molecular weight excluding hydrogens is 542 g/mol. The van der Waals surface area contributed by atoms with Gasteiger partial charge in [0.15, 0.2) is 17.3 Å². The van der Waals surface area contributed by atoms with Crippen LogP contribution in [0.5, 0.6) is 0 Å². The Morgan fingerprint density at radius 1 is 0.786 bits per heavy atom. The molecule has 4 heterocycles.